The smallest absolute Gasteiger partial charge is 0.185 e. The van der Waals surface area contributed by atoms with E-state index in [1.54, 1.807) is 61.7 Å². The highest BCUT2D eigenvalue weighted by atomic mass is 32.2. The van der Waals surface area contributed by atoms with Crippen LogP contribution < -0.4 is 4.74 Å². The first-order valence-electron chi connectivity index (χ1n) is 9.89. The van der Waals surface area contributed by atoms with E-state index in [9.17, 15) is 13.2 Å². The van der Waals surface area contributed by atoms with Crippen LogP contribution >= 0.6 is 0 Å². The molecule has 3 aromatic carbocycles. The summed E-state index contributed by atoms with van der Waals surface area (Å²) in [6, 6.07) is 22.5. The zero-order valence-corrected chi connectivity index (χ0v) is 18.2. The van der Waals surface area contributed by atoms with Gasteiger partial charge in [0.2, 0.25) is 0 Å². The van der Waals surface area contributed by atoms with E-state index in [2.05, 4.69) is 13.8 Å². The summed E-state index contributed by atoms with van der Waals surface area (Å²) < 4.78 is 32.0. The molecule has 0 heterocycles. The minimum Gasteiger partial charge on any atom is -0.497 e. The Morgan fingerprint density at radius 2 is 1.40 bits per heavy atom. The molecule has 0 aliphatic heterocycles. The van der Waals surface area contributed by atoms with Crippen LogP contribution in [0.2, 0.25) is 0 Å². The lowest BCUT2D eigenvalue weighted by Crippen LogP contribution is -2.18. The fraction of sp³-hybridized carbons (Fsp3) is 0.240. The molecule has 0 amide bonds. The summed E-state index contributed by atoms with van der Waals surface area (Å²) in [6.45, 7) is 4.17. The van der Waals surface area contributed by atoms with Crippen molar-refractivity contribution < 1.29 is 17.9 Å². The van der Waals surface area contributed by atoms with Crippen molar-refractivity contribution in [1.29, 1.82) is 0 Å². The van der Waals surface area contributed by atoms with Crippen molar-refractivity contribution >= 4 is 15.6 Å². The highest BCUT2D eigenvalue weighted by Crippen LogP contribution is 2.34. The van der Waals surface area contributed by atoms with E-state index in [4.69, 9.17) is 4.74 Å². The number of benzene rings is 3. The van der Waals surface area contributed by atoms with E-state index in [-0.39, 0.29) is 17.1 Å². The van der Waals surface area contributed by atoms with Gasteiger partial charge in [-0.15, -0.1) is 0 Å². The van der Waals surface area contributed by atoms with Crippen molar-refractivity contribution in [2.75, 3.05) is 7.11 Å². The number of Topliss-reactive ketones (excluding diaryl/α,β-unsaturated/α-hetero) is 1. The molecule has 0 aliphatic rings. The molecule has 30 heavy (non-hydrogen) atoms. The Bertz CT molecular complexity index is 1080. The molecule has 0 saturated heterocycles. The van der Waals surface area contributed by atoms with Gasteiger partial charge in [-0.2, -0.15) is 0 Å². The van der Waals surface area contributed by atoms with Crippen LogP contribution in [0.15, 0.2) is 83.8 Å². The van der Waals surface area contributed by atoms with Gasteiger partial charge in [-0.3, -0.25) is 4.79 Å². The second-order valence-electron chi connectivity index (χ2n) is 7.52. The Hall–Kier alpha value is -2.92. The molecule has 1 atom stereocenters. The summed E-state index contributed by atoms with van der Waals surface area (Å²) in [6.07, 6.45) is -0.134. The van der Waals surface area contributed by atoms with E-state index >= 15 is 0 Å². The second-order valence-corrected chi connectivity index (χ2v) is 9.65. The first kappa shape index (κ1) is 21.8. The quantitative estimate of drug-likeness (QED) is 0.443. The van der Waals surface area contributed by atoms with Gasteiger partial charge in [0.05, 0.1) is 17.3 Å². The molecule has 3 aromatic rings. The Balaban J connectivity index is 1.99. The standard InChI is InChI=1S/C25H26O4S/c1-18(2)19-9-11-21(12-10-19)25(30(27,28)23-7-5-4-6-8-23)17-24(26)20-13-15-22(29-3)16-14-20/h4-16,18,25H,17H2,1-3H3. The molecule has 0 radical (unpaired) electrons. The van der Waals surface area contributed by atoms with Crippen molar-refractivity contribution in [3.63, 3.8) is 0 Å². The van der Waals surface area contributed by atoms with Gasteiger partial charge in [-0.05, 0) is 53.4 Å². The number of sulfone groups is 1. The minimum atomic E-state index is -3.75. The van der Waals surface area contributed by atoms with Gasteiger partial charge in [0, 0.05) is 12.0 Å². The number of carbonyl (C=O) groups excluding carboxylic acids is 1. The highest BCUT2D eigenvalue weighted by Gasteiger charge is 2.31. The van der Waals surface area contributed by atoms with Crippen LogP contribution in [0.3, 0.4) is 0 Å². The Morgan fingerprint density at radius 1 is 0.833 bits per heavy atom. The van der Waals surface area contributed by atoms with Crippen molar-refractivity contribution in [2.45, 2.75) is 36.3 Å². The van der Waals surface area contributed by atoms with Crippen LogP contribution in [-0.2, 0) is 9.84 Å². The maximum atomic E-state index is 13.4. The molecule has 0 aromatic heterocycles. The molecule has 156 valence electrons. The third-order valence-corrected chi connectivity index (χ3v) is 7.32. The zero-order chi connectivity index (χ0) is 21.7. The molecule has 1 unspecified atom stereocenters. The van der Waals surface area contributed by atoms with Crippen LogP contribution in [-0.4, -0.2) is 21.3 Å². The Kier molecular flexibility index (Phi) is 6.73. The fourth-order valence-corrected chi connectivity index (χ4v) is 5.09. The van der Waals surface area contributed by atoms with Crippen molar-refractivity contribution in [3.05, 3.63) is 95.6 Å². The van der Waals surface area contributed by atoms with Crippen LogP contribution in [0.5, 0.6) is 5.75 Å². The first-order chi connectivity index (χ1) is 14.3. The van der Waals surface area contributed by atoms with Crippen LogP contribution in [0.25, 0.3) is 0 Å². The summed E-state index contributed by atoms with van der Waals surface area (Å²) in [5, 5.41) is -0.962. The van der Waals surface area contributed by atoms with Gasteiger partial charge >= 0.3 is 0 Å². The van der Waals surface area contributed by atoms with E-state index in [0.29, 0.717) is 22.8 Å². The van der Waals surface area contributed by atoms with Gasteiger partial charge in [0.15, 0.2) is 15.6 Å². The van der Waals surface area contributed by atoms with Crippen molar-refractivity contribution in [1.82, 2.24) is 0 Å². The predicted molar refractivity (Wildman–Crippen MR) is 119 cm³/mol. The van der Waals surface area contributed by atoms with E-state index < -0.39 is 15.1 Å². The summed E-state index contributed by atoms with van der Waals surface area (Å²) in [4.78, 5) is 13.2. The molecule has 0 spiro atoms. The summed E-state index contributed by atoms with van der Waals surface area (Å²) >= 11 is 0. The monoisotopic (exact) mass is 422 g/mol. The van der Waals surface area contributed by atoms with Gasteiger partial charge < -0.3 is 4.74 Å². The SMILES string of the molecule is COc1ccc(C(=O)CC(c2ccc(C(C)C)cc2)S(=O)(=O)c2ccccc2)cc1. The lowest BCUT2D eigenvalue weighted by Gasteiger charge is -2.19. The molecule has 0 fully saturated rings. The number of ether oxygens (including phenoxy) is 1. The topological polar surface area (TPSA) is 60.4 Å². The highest BCUT2D eigenvalue weighted by molar-refractivity contribution is 7.91. The maximum Gasteiger partial charge on any atom is 0.185 e. The predicted octanol–water partition coefficient (Wildman–Crippen LogP) is 5.61. The molecular weight excluding hydrogens is 396 g/mol. The minimum absolute atomic E-state index is 0.134. The van der Waals surface area contributed by atoms with Gasteiger partial charge in [-0.1, -0.05) is 56.3 Å². The average Bonchev–Trinajstić information content (AvgIpc) is 2.78. The number of carbonyl (C=O) groups is 1. The lowest BCUT2D eigenvalue weighted by molar-refractivity contribution is 0.0980. The van der Waals surface area contributed by atoms with Crippen LogP contribution in [0, 0.1) is 0 Å². The Morgan fingerprint density at radius 3 is 1.93 bits per heavy atom. The number of hydrogen-bond donors (Lipinski definition) is 0. The van der Waals surface area contributed by atoms with Crippen LogP contribution in [0.1, 0.15) is 52.9 Å². The van der Waals surface area contributed by atoms with Gasteiger partial charge in [-0.25, -0.2) is 8.42 Å². The van der Waals surface area contributed by atoms with E-state index in [1.807, 2.05) is 24.3 Å². The summed E-state index contributed by atoms with van der Waals surface area (Å²) in [7, 11) is -2.19. The summed E-state index contributed by atoms with van der Waals surface area (Å²) in [5.74, 6) is 0.753. The number of rotatable bonds is 8. The van der Waals surface area contributed by atoms with Crippen LogP contribution in [0.4, 0.5) is 0 Å². The molecular formula is C25H26O4S. The Labute approximate surface area is 178 Å². The lowest BCUT2D eigenvalue weighted by atomic mass is 9.98. The van der Waals surface area contributed by atoms with E-state index in [1.165, 1.54) is 0 Å². The normalized spacial score (nSPS) is 12.5. The van der Waals surface area contributed by atoms with Gasteiger partial charge in [0.1, 0.15) is 5.75 Å². The number of methoxy groups -OCH3 is 1. The fourth-order valence-electron chi connectivity index (χ4n) is 3.34. The molecule has 3 rings (SSSR count). The molecule has 0 bridgehead atoms. The van der Waals surface area contributed by atoms with E-state index in [0.717, 1.165) is 5.56 Å². The molecule has 0 aliphatic carbocycles. The third kappa shape index (κ3) is 4.79. The van der Waals surface area contributed by atoms with Crippen molar-refractivity contribution in [3.8, 4) is 5.75 Å². The zero-order valence-electron chi connectivity index (χ0n) is 17.4. The molecule has 4 nitrogen and oxygen atoms in total. The average molecular weight is 423 g/mol. The second kappa shape index (κ2) is 9.26. The molecule has 0 N–H and O–H groups in total. The van der Waals surface area contributed by atoms with Crippen molar-refractivity contribution in [2.24, 2.45) is 0 Å². The maximum absolute atomic E-state index is 13.4. The number of hydrogen-bond acceptors (Lipinski definition) is 4. The third-order valence-electron chi connectivity index (χ3n) is 5.20. The molecule has 5 heteroatoms. The molecule has 0 saturated carbocycles. The number of ketones is 1. The first-order valence-corrected chi connectivity index (χ1v) is 11.4. The summed E-state index contributed by atoms with van der Waals surface area (Å²) in [5.41, 5.74) is 2.20. The largest absolute Gasteiger partial charge is 0.497 e. The van der Waals surface area contributed by atoms with Gasteiger partial charge in [0.25, 0.3) is 0 Å².